The summed E-state index contributed by atoms with van der Waals surface area (Å²) in [5.74, 6) is 0.472. The van der Waals surface area contributed by atoms with Gasteiger partial charge < -0.3 is 9.84 Å². The first kappa shape index (κ1) is 11.3. The average molecular weight is 216 g/mol. The maximum Gasteiger partial charge on any atom is 0.217 e. The topological polar surface area (TPSA) is 42.4 Å². The van der Waals surface area contributed by atoms with E-state index in [0.29, 0.717) is 17.3 Å². The molecule has 78 valence electrons. The molecule has 4 heteroatoms. The summed E-state index contributed by atoms with van der Waals surface area (Å²) >= 11 is 5.98. The van der Waals surface area contributed by atoms with Crippen molar-refractivity contribution < 1.29 is 9.84 Å². The summed E-state index contributed by atoms with van der Waals surface area (Å²) in [6, 6.07) is 1.69. The Kier molecular flexibility index (Phi) is 3.34. The molecule has 14 heavy (non-hydrogen) atoms. The monoisotopic (exact) mass is 215 g/mol. The van der Waals surface area contributed by atoms with Crippen LogP contribution < -0.4 is 4.74 Å². The Bertz CT molecular complexity index is 320. The Morgan fingerprint density at radius 1 is 1.57 bits per heavy atom. The van der Waals surface area contributed by atoms with E-state index in [0.717, 1.165) is 5.56 Å². The lowest BCUT2D eigenvalue weighted by Crippen LogP contribution is -2.22. The number of rotatable bonds is 3. The summed E-state index contributed by atoms with van der Waals surface area (Å²) in [6.45, 7) is 3.44. The SMILES string of the molecule is COc1nccc(Cl)c1CC(C)(C)O. The molecule has 0 saturated carbocycles. The van der Waals surface area contributed by atoms with Gasteiger partial charge in [0.1, 0.15) is 0 Å². The van der Waals surface area contributed by atoms with Crippen molar-refractivity contribution in [3.8, 4) is 5.88 Å². The smallest absolute Gasteiger partial charge is 0.217 e. The molecule has 0 fully saturated rings. The van der Waals surface area contributed by atoms with Crippen molar-refractivity contribution in [2.24, 2.45) is 0 Å². The number of hydrogen-bond donors (Lipinski definition) is 1. The molecular weight excluding hydrogens is 202 g/mol. The van der Waals surface area contributed by atoms with Crippen LogP contribution in [0.15, 0.2) is 12.3 Å². The number of halogens is 1. The second kappa shape index (κ2) is 4.15. The number of ether oxygens (including phenoxy) is 1. The fourth-order valence-corrected chi connectivity index (χ4v) is 1.42. The molecule has 0 bridgehead atoms. The molecule has 1 N–H and O–H groups in total. The Hall–Kier alpha value is -0.800. The van der Waals surface area contributed by atoms with E-state index in [1.807, 2.05) is 0 Å². The summed E-state index contributed by atoms with van der Waals surface area (Å²) in [6.07, 6.45) is 2.00. The van der Waals surface area contributed by atoms with Gasteiger partial charge in [0.2, 0.25) is 5.88 Å². The maximum absolute atomic E-state index is 9.67. The van der Waals surface area contributed by atoms with Crippen LogP contribution in [0.2, 0.25) is 5.02 Å². The van der Waals surface area contributed by atoms with Crippen molar-refractivity contribution in [1.29, 1.82) is 0 Å². The van der Waals surface area contributed by atoms with Gasteiger partial charge in [0, 0.05) is 18.2 Å². The van der Waals surface area contributed by atoms with Gasteiger partial charge in [0.15, 0.2) is 0 Å². The van der Waals surface area contributed by atoms with Gasteiger partial charge in [-0.05, 0) is 19.9 Å². The van der Waals surface area contributed by atoms with Gasteiger partial charge in [-0.1, -0.05) is 11.6 Å². The zero-order valence-electron chi connectivity index (χ0n) is 8.54. The molecule has 0 aliphatic carbocycles. The zero-order valence-corrected chi connectivity index (χ0v) is 9.30. The van der Waals surface area contributed by atoms with Crippen LogP contribution in [0.3, 0.4) is 0 Å². The van der Waals surface area contributed by atoms with Crippen LogP contribution >= 0.6 is 11.6 Å². The van der Waals surface area contributed by atoms with Crippen molar-refractivity contribution in [2.45, 2.75) is 25.9 Å². The highest BCUT2D eigenvalue weighted by molar-refractivity contribution is 6.31. The summed E-state index contributed by atoms with van der Waals surface area (Å²) < 4.78 is 5.07. The first-order chi connectivity index (χ1) is 6.44. The number of pyridine rings is 1. The van der Waals surface area contributed by atoms with Crippen LogP contribution in [-0.2, 0) is 6.42 Å². The Morgan fingerprint density at radius 3 is 2.71 bits per heavy atom. The van der Waals surface area contributed by atoms with Crippen LogP contribution in [0.5, 0.6) is 5.88 Å². The van der Waals surface area contributed by atoms with E-state index in [9.17, 15) is 5.11 Å². The maximum atomic E-state index is 9.67. The molecule has 0 atom stereocenters. The van der Waals surface area contributed by atoms with Crippen molar-refractivity contribution in [3.63, 3.8) is 0 Å². The van der Waals surface area contributed by atoms with E-state index in [1.165, 1.54) is 7.11 Å². The average Bonchev–Trinajstić information content (AvgIpc) is 2.06. The quantitative estimate of drug-likeness (QED) is 0.839. The highest BCUT2D eigenvalue weighted by atomic mass is 35.5. The van der Waals surface area contributed by atoms with E-state index in [-0.39, 0.29) is 0 Å². The molecule has 0 saturated heterocycles. The highest BCUT2D eigenvalue weighted by Crippen LogP contribution is 2.27. The van der Waals surface area contributed by atoms with Crippen LogP contribution in [0.4, 0.5) is 0 Å². The molecule has 0 radical (unpaired) electrons. The molecule has 1 aromatic heterocycles. The van der Waals surface area contributed by atoms with Crippen molar-refractivity contribution in [1.82, 2.24) is 4.98 Å². The van der Waals surface area contributed by atoms with Crippen LogP contribution in [0.25, 0.3) is 0 Å². The standard InChI is InChI=1S/C10H14ClNO2/c1-10(2,13)6-7-8(11)4-5-12-9(7)14-3/h4-5,13H,6H2,1-3H3. The normalized spacial score (nSPS) is 11.5. The number of hydrogen-bond acceptors (Lipinski definition) is 3. The van der Waals surface area contributed by atoms with Gasteiger partial charge in [-0.25, -0.2) is 4.98 Å². The number of nitrogens with zero attached hydrogens (tertiary/aromatic N) is 1. The Labute approximate surface area is 88.7 Å². The van der Waals surface area contributed by atoms with E-state index in [4.69, 9.17) is 16.3 Å². The fourth-order valence-electron chi connectivity index (χ4n) is 1.22. The third-order valence-corrected chi connectivity index (χ3v) is 2.12. The predicted octanol–water partition coefficient (Wildman–Crippen LogP) is 2.06. The summed E-state index contributed by atoms with van der Waals surface area (Å²) in [5, 5.41) is 10.2. The lowest BCUT2D eigenvalue weighted by atomic mass is 10.00. The number of aliphatic hydroxyl groups is 1. The van der Waals surface area contributed by atoms with Gasteiger partial charge in [-0.15, -0.1) is 0 Å². The van der Waals surface area contributed by atoms with Crippen molar-refractivity contribution in [2.75, 3.05) is 7.11 Å². The molecule has 0 aliphatic rings. The molecule has 3 nitrogen and oxygen atoms in total. The number of aromatic nitrogens is 1. The predicted molar refractivity (Wildman–Crippen MR) is 55.8 cm³/mol. The molecule has 0 unspecified atom stereocenters. The molecule has 0 spiro atoms. The molecular formula is C10H14ClNO2. The van der Waals surface area contributed by atoms with Crippen LogP contribution in [0.1, 0.15) is 19.4 Å². The minimum absolute atomic E-state index is 0.419. The van der Waals surface area contributed by atoms with Gasteiger partial charge in [-0.3, -0.25) is 0 Å². The first-order valence-electron chi connectivity index (χ1n) is 4.34. The first-order valence-corrected chi connectivity index (χ1v) is 4.71. The van der Waals surface area contributed by atoms with E-state index < -0.39 is 5.60 Å². The Morgan fingerprint density at radius 2 is 2.21 bits per heavy atom. The minimum atomic E-state index is -0.819. The molecule has 1 aromatic rings. The second-order valence-corrected chi connectivity index (χ2v) is 4.18. The van der Waals surface area contributed by atoms with Crippen molar-refractivity contribution in [3.05, 3.63) is 22.8 Å². The molecule has 1 heterocycles. The number of methoxy groups -OCH3 is 1. The fraction of sp³-hybridized carbons (Fsp3) is 0.500. The van der Waals surface area contributed by atoms with Crippen LogP contribution in [0, 0.1) is 0 Å². The molecule has 1 rings (SSSR count). The largest absolute Gasteiger partial charge is 0.481 e. The third-order valence-electron chi connectivity index (χ3n) is 1.76. The minimum Gasteiger partial charge on any atom is -0.481 e. The highest BCUT2D eigenvalue weighted by Gasteiger charge is 2.19. The zero-order chi connectivity index (χ0) is 10.8. The molecule has 0 aliphatic heterocycles. The summed E-state index contributed by atoms with van der Waals surface area (Å²) in [5.41, 5.74) is -0.0795. The lowest BCUT2D eigenvalue weighted by molar-refractivity contribution is 0.0801. The second-order valence-electron chi connectivity index (χ2n) is 3.77. The van der Waals surface area contributed by atoms with E-state index >= 15 is 0 Å². The third kappa shape index (κ3) is 2.86. The van der Waals surface area contributed by atoms with Gasteiger partial charge in [0.25, 0.3) is 0 Å². The summed E-state index contributed by atoms with van der Waals surface area (Å²) in [4.78, 5) is 4.02. The van der Waals surface area contributed by atoms with Gasteiger partial charge in [-0.2, -0.15) is 0 Å². The van der Waals surface area contributed by atoms with E-state index in [2.05, 4.69) is 4.98 Å². The summed E-state index contributed by atoms with van der Waals surface area (Å²) in [7, 11) is 1.53. The molecule has 0 amide bonds. The van der Waals surface area contributed by atoms with Gasteiger partial charge in [0.05, 0.1) is 17.7 Å². The van der Waals surface area contributed by atoms with Crippen molar-refractivity contribution >= 4 is 11.6 Å². The Balaban J connectivity index is 3.05. The van der Waals surface area contributed by atoms with E-state index in [1.54, 1.807) is 26.1 Å². The van der Waals surface area contributed by atoms with Gasteiger partial charge >= 0.3 is 0 Å². The van der Waals surface area contributed by atoms with Crippen LogP contribution in [-0.4, -0.2) is 22.8 Å². The molecule has 0 aromatic carbocycles. The lowest BCUT2D eigenvalue weighted by Gasteiger charge is -2.19.